The van der Waals surface area contributed by atoms with Gasteiger partial charge in [0.1, 0.15) is 24.2 Å². The lowest BCUT2D eigenvalue weighted by molar-refractivity contribution is -0.367. The fraction of sp³-hybridized carbons (Fsp3) is 0.316. The zero-order valence-corrected chi connectivity index (χ0v) is 17.0. The lowest BCUT2D eigenvalue weighted by Gasteiger charge is -2.28. The fourth-order valence-electron chi connectivity index (χ4n) is 3.16. The maximum atomic E-state index is 13.3. The molecule has 1 amide bonds. The summed E-state index contributed by atoms with van der Waals surface area (Å²) in [5.74, 6) is -0.558. The van der Waals surface area contributed by atoms with Crippen LogP contribution in [0.2, 0.25) is 5.15 Å². The first-order chi connectivity index (χ1) is 14.6. The molecule has 12 heteroatoms. The molecule has 1 aliphatic heterocycles. The number of nitrogens with zero attached hydrogens (tertiary/aromatic N) is 3. The fourth-order valence-corrected chi connectivity index (χ4v) is 3.39. The number of amides is 1. The van der Waals surface area contributed by atoms with Gasteiger partial charge in [0.2, 0.25) is 5.91 Å². The second kappa shape index (κ2) is 7.59. The van der Waals surface area contributed by atoms with Gasteiger partial charge in [-0.1, -0.05) is 17.7 Å². The molecule has 164 valence electrons. The molecule has 0 saturated heterocycles. The molecule has 0 aliphatic carbocycles. The van der Waals surface area contributed by atoms with Crippen LogP contribution in [0.3, 0.4) is 0 Å². The maximum Gasteiger partial charge on any atom is 0.535 e. The number of carbonyl (C=O) groups excluding carboxylic acids is 1. The molecule has 1 N–H and O–H groups in total. The van der Waals surface area contributed by atoms with E-state index in [0.29, 0.717) is 0 Å². The number of aliphatic hydroxyl groups excluding tert-OH is 1. The second-order valence-electron chi connectivity index (χ2n) is 6.88. The van der Waals surface area contributed by atoms with Gasteiger partial charge in [0.15, 0.2) is 10.7 Å². The van der Waals surface area contributed by atoms with Crippen molar-refractivity contribution in [1.82, 2.24) is 9.78 Å². The molecule has 3 heterocycles. The Morgan fingerprint density at radius 2 is 2.19 bits per heavy atom. The predicted octanol–water partition coefficient (Wildman–Crippen LogP) is 2.82. The molecule has 2 aromatic heterocycles. The molecule has 31 heavy (non-hydrogen) atoms. The molecule has 1 atom stereocenters. The number of hydrogen-bond donors (Lipinski definition) is 1. The standard InChI is InChI=1S/C19H16ClF2N3O6/c1-9(26)14-6-10-16(30-14)17(20)23-25(18(10)28)7-15(27)24(2)12-4-3-5-13-11(12)8-29-19(21,22)31-13/h3-6,9,26H,7-8H2,1-2H3. The number of rotatable bonds is 4. The zero-order valence-electron chi connectivity index (χ0n) is 16.3. The number of alkyl halides is 2. The third-order valence-electron chi connectivity index (χ3n) is 4.77. The van der Waals surface area contributed by atoms with Crippen molar-refractivity contribution < 1.29 is 32.6 Å². The number of aromatic nitrogens is 2. The number of ether oxygens (including phenoxy) is 2. The minimum Gasteiger partial charge on any atom is -0.455 e. The molecular weight excluding hydrogens is 440 g/mol. The monoisotopic (exact) mass is 455 g/mol. The highest BCUT2D eigenvalue weighted by Crippen LogP contribution is 2.38. The highest BCUT2D eigenvalue weighted by molar-refractivity contribution is 6.33. The molecule has 0 bridgehead atoms. The summed E-state index contributed by atoms with van der Waals surface area (Å²) in [5, 5.41) is 13.5. The van der Waals surface area contributed by atoms with Crippen LogP contribution in [0.4, 0.5) is 14.5 Å². The smallest absolute Gasteiger partial charge is 0.455 e. The second-order valence-corrected chi connectivity index (χ2v) is 7.24. The van der Waals surface area contributed by atoms with Gasteiger partial charge >= 0.3 is 6.29 Å². The molecule has 0 radical (unpaired) electrons. The van der Waals surface area contributed by atoms with Gasteiger partial charge in [-0.2, -0.15) is 5.10 Å². The first kappa shape index (κ1) is 21.2. The van der Waals surface area contributed by atoms with Gasteiger partial charge in [0, 0.05) is 12.6 Å². The van der Waals surface area contributed by atoms with Gasteiger partial charge in [-0.25, -0.2) is 4.68 Å². The van der Waals surface area contributed by atoms with Crippen LogP contribution in [0.15, 0.2) is 33.5 Å². The summed E-state index contributed by atoms with van der Waals surface area (Å²) in [6, 6.07) is 5.66. The highest BCUT2D eigenvalue weighted by atomic mass is 35.5. The van der Waals surface area contributed by atoms with Crippen molar-refractivity contribution in [1.29, 1.82) is 0 Å². The Labute approximate surface area is 178 Å². The minimum absolute atomic E-state index is 0.00646. The lowest BCUT2D eigenvalue weighted by Crippen LogP contribution is -2.37. The molecule has 3 aromatic rings. The van der Waals surface area contributed by atoms with Crippen LogP contribution in [0.25, 0.3) is 11.0 Å². The van der Waals surface area contributed by atoms with Crippen LogP contribution in [-0.4, -0.2) is 34.1 Å². The number of fused-ring (bicyclic) bond motifs is 2. The summed E-state index contributed by atoms with van der Waals surface area (Å²) in [6.45, 7) is 0.505. The van der Waals surface area contributed by atoms with Crippen LogP contribution >= 0.6 is 11.6 Å². The number of halogens is 3. The van der Waals surface area contributed by atoms with E-state index >= 15 is 0 Å². The Morgan fingerprint density at radius 3 is 2.90 bits per heavy atom. The van der Waals surface area contributed by atoms with E-state index < -0.39 is 37.0 Å². The Bertz CT molecular complexity index is 1240. The number of anilines is 1. The summed E-state index contributed by atoms with van der Waals surface area (Å²) in [5.41, 5.74) is -0.0995. The Hall–Kier alpha value is -3.02. The predicted molar refractivity (Wildman–Crippen MR) is 104 cm³/mol. The van der Waals surface area contributed by atoms with Gasteiger partial charge in [0.05, 0.1) is 17.7 Å². The number of likely N-dealkylation sites (N-methyl/N-ethyl adjacent to an activating group) is 1. The molecule has 0 saturated carbocycles. The van der Waals surface area contributed by atoms with Crippen LogP contribution in [0, 0.1) is 0 Å². The normalized spacial score (nSPS) is 15.9. The third-order valence-corrected chi connectivity index (χ3v) is 5.01. The van der Waals surface area contributed by atoms with Crippen LogP contribution in [-0.2, 0) is 22.7 Å². The van der Waals surface area contributed by atoms with E-state index in [1.807, 2.05) is 0 Å². The van der Waals surface area contributed by atoms with E-state index in [2.05, 4.69) is 14.6 Å². The molecule has 1 aromatic carbocycles. The number of carbonyl (C=O) groups is 1. The molecule has 0 fully saturated rings. The van der Waals surface area contributed by atoms with Crippen LogP contribution in [0.5, 0.6) is 5.75 Å². The summed E-state index contributed by atoms with van der Waals surface area (Å²) < 4.78 is 41.7. The maximum absolute atomic E-state index is 13.3. The van der Waals surface area contributed by atoms with Crippen LogP contribution in [0.1, 0.15) is 24.4 Å². The van der Waals surface area contributed by atoms with Gasteiger partial charge in [0.25, 0.3) is 5.56 Å². The Balaban J connectivity index is 1.64. The first-order valence-electron chi connectivity index (χ1n) is 9.05. The van der Waals surface area contributed by atoms with Crippen molar-refractivity contribution in [2.24, 2.45) is 0 Å². The highest BCUT2D eigenvalue weighted by Gasteiger charge is 2.39. The van der Waals surface area contributed by atoms with E-state index in [-0.39, 0.29) is 38.9 Å². The van der Waals surface area contributed by atoms with Crippen molar-refractivity contribution in [2.75, 3.05) is 11.9 Å². The molecule has 1 aliphatic rings. The quantitative estimate of drug-likeness (QED) is 0.644. The largest absolute Gasteiger partial charge is 0.535 e. The Kier molecular flexibility index (Phi) is 5.20. The van der Waals surface area contributed by atoms with Crippen LogP contribution < -0.4 is 15.2 Å². The SMILES string of the molecule is CC(O)c1cc2c(=O)n(CC(=O)N(C)c3cccc4c3COC(F)(F)O4)nc(Cl)c2o1. The Morgan fingerprint density at radius 1 is 1.45 bits per heavy atom. The number of aliphatic hydroxyl groups is 1. The topological polar surface area (TPSA) is 107 Å². The number of furan rings is 1. The molecule has 0 spiro atoms. The average molecular weight is 456 g/mol. The van der Waals surface area contributed by atoms with Gasteiger partial charge in [-0.3, -0.25) is 14.3 Å². The summed E-state index contributed by atoms with van der Waals surface area (Å²) in [7, 11) is 1.42. The number of hydrogen-bond acceptors (Lipinski definition) is 7. The molecule has 9 nitrogen and oxygen atoms in total. The van der Waals surface area contributed by atoms with E-state index in [1.165, 1.54) is 43.1 Å². The van der Waals surface area contributed by atoms with Crippen molar-refractivity contribution in [3.8, 4) is 5.75 Å². The molecule has 1 unspecified atom stereocenters. The van der Waals surface area contributed by atoms with Crippen molar-refractivity contribution in [3.63, 3.8) is 0 Å². The molecular formula is C19H16ClF2N3O6. The number of benzene rings is 1. The third kappa shape index (κ3) is 3.87. The summed E-state index contributed by atoms with van der Waals surface area (Å²) >= 11 is 6.08. The van der Waals surface area contributed by atoms with Gasteiger partial charge in [-0.15, -0.1) is 8.78 Å². The van der Waals surface area contributed by atoms with Crippen molar-refractivity contribution in [2.45, 2.75) is 32.5 Å². The van der Waals surface area contributed by atoms with E-state index in [0.717, 1.165) is 4.68 Å². The van der Waals surface area contributed by atoms with E-state index in [9.17, 15) is 23.5 Å². The van der Waals surface area contributed by atoms with Crippen molar-refractivity contribution in [3.05, 3.63) is 51.1 Å². The van der Waals surface area contributed by atoms with Gasteiger partial charge in [-0.05, 0) is 25.1 Å². The van der Waals surface area contributed by atoms with Gasteiger partial charge < -0.3 is 19.2 Å². The van der Waals surface area contributed by atoms with E-state index in [4.69, 9.17) is 16.0 Å². The average Bonchev–Trinajstić information content (AvgIpc) is 3.16. The minimum atomic E-state index is -3.76. The lowest BCUT2D eigenvalue weighted by atomic mass is 10.1. The summed E-state index contributed by atoms with van der Waals surface area (Å²) in [6.07, 6.45) is -4.72. The first-order valence-corrected chi connectivity index (χ1v) is 9.42. The summed E-state index contributed by atoms with van der Waals surface area (Å²) in [4.78, 5) is 26.7. The van der Waals surface area contributed by atoms with Crippen molar-refractivity contribution >= 4 is 34.2 Å². The van der Waals surface area contributed by atoms with E-state index in [1.54, 1.807) is 0 Å². The zero-order chi connectivity index (χ0) is 22.5. The molecule has 4 rings (SSSR count).